The van der Waals surface area contributed by atoms with E-state index in [0.717, 1.165) is 89.8 Å². The second-order valence-electron chi connectivity index (χ2n) is 11.6. The average Bonchev–Trinajstić information content (AvgIpc) is 3.02. The highest BCUT2D eigenvalue weighted by Crippen LogP contribution is 2.32. The summed E-state index contributed by atoms with van der Waals surface area (Å²) in [4.78, 5) is 46.9. The van der Waals surface area contributed by atoms with E-state index in [1.165, 1.54) is 0 Å². The standard InChI is InChI=1S/C22H38N3O5P.C9H24N3O3P/c1-4-5-8-11-20(25-21(26)18-12-14-19(23-2)15-13-18)22(27)24-16-9-6-7-10-17-30-31(3,28)29;1-16(13,14)15-8-5-9(3-2-6-10)4-7-12-11/h12-15,20,23H,4-11,16-17H2,1-3H3,(H,24,27)(H,25,26)(H,28,29);9,12H,2-8,10-11H2,1H3,(H,13,14)/p-2. The molecule has 0 heterocycles. The van der Waals surface area contributed by atoms with Gasteiger partial charge in [-0.05, 0) is 81.7 Å². The molecule has 4 atom stereocenters. The van der Waals surface area contributed by atoms with Crippen LogP contribution in [0.15, 0.2) is 24.3 Å². The Balaban J connectivity index is 0.00000111. The third kappa shape index (κ3) is 26.7. The summed E-state index contributed by atoms with van der Waals surface area (Å²) in [6.07, 6.45) is 10.2. The minimum Gasteiger partial charge on any atom is -0.779 e. The van der Waals surface area contributed by atoms with Gasteiger partial charge in [-0.1, -0.05) is 39.0 Å². The molecule has 0 radical (unpaired) electrons. The molecule has 2 amide bonds. The van der Waals surface area contributed by atoms with Crippen LogP contribution in [-0.4, -0.2) is 71.1 Å². The molecule has 1 aromatic carbocycles. The van der Waals surface area contributed by atoms with Crippen LogP contribution >= 0.6 is 15.2 Å². The van der Waals surface area contributed by atoms with Crippen molar-refractivity contribution in [2.45, 2.75) is 90.0 Å². The maximum absolute atomic E-state index is 12.6. The molecule has 0 aliphatic rings. The SMILES string of the molecule is CCCCCC(NC(=O)c1ccc(NC)cc1)C(=O)NCCCCCCOP(C)(=O)[O-].CP(=O)([O-])OCCC(CCCN)CCNN. The van der Waals surface area contributed by atoms with Crippen molar-refractivity contribution in [3.05, 3.63) is 29.8 Å². The fourth-order valence-electron chi connectivity index (χ4n) is 4.56. The van der Waals surface area contributed by atoms with Crippen LogP contribution in [0.4, 0.5) is 5.69 Å². The van der Waals surface area contributed by atoms with Crippen LogP contribution in [0, 0.1) is 5.92 Å². The van der Waals surface area contributed by atoms with Gasteiger partial charge in [0.2, 0.25) is 5.91 Å². The zero-order chi connectivity index (χ0) is 35.6. The molecule has 47 heavy (non-hydrogen) atoms. The van der Waals surface area contributed by atoms with Crippen molar-refractivity contribution >= 4 is 32.7 Å². The van der Waals surface area contributed by atoms with E-state index in [9.17, 15) is 28.5 Å². The minimum absolute atomic E-state index is 0.169. The highest BCUT2D eigenvalue weighted by molar-refractivity contribution is 7.50. The number of carbonyl (C=O) groups excluding carboxylic acids is 2. The highest BCUT2D eigenvalue weighted by Gasteiger charge is 2.20. The van der Waals surface area contributed by atoms with Crippen LogP contribution in [0.2, 0.25) is 0 Å². The molecule has 0 saturated heterocycles. The lowest BCUT2D eigenvalue weighted by atomic mass is 9.96. The number of rotatable bonds is 26. The lowest BCUT2D eigenvalue weighted by molar-refractivity contribution is -0.197. The van der Waals surface area contributed by atoms with Gasteiger partial charge in [0.05, 0.1) is 13.2 Å². The van der Waals surface area contributed by atoms with Crippen LogP contribution in [0.1, 0.15) is 94.3 Å². The van der Waals surface area contributed by atoms with Crippen LogP contribution in [0.3, 0.4) is 0 Å². The highest BCUT2D eigenvalue weighted by atomic mass is 31.2. The molecule has 1 rings (SSSR count). The van der Waals surface area contributed by atoms with Gasteiger partial charge in [-0.25, -0.2) is 0 Å². The normalized spacial score (nSPS) is 14.9. The molecule has 0 aliphatic heterocycles. The summed E-state index contributed by atoms with van der Waals surface area (Å²) in [6.45, 7) is 6.58. The van der Waals surface area contributed by atoms with Gasteiger partial charge in [-0.15, -0.1) is 0 Å². The van der Waals surface area contributed by atoms with Crippen molar-refractivity contribution < 1.29 is 37.6 Å². The zero-order valence-electron chi connectivity index (χ0n) is 28.8. The Bertz CT molecular complexity index is 1050. The molecule has 274 valence electrons. The predicted molar refractivity (Wildman–Crippen MR) is 185 cm³/mol. The molecule has 0 aromatic heterocycles. The number of nitrogens with two attached hydrogens (primary N) is 2. The van der Waals surface area contributed by atoms with Gasteiger partial charge in [0.15, 0.2) is 0 Å². The number of benzene rings is 1. The Morgan fingerprint density at radius 2 is 1.47 bits per heavy atom. The van der Waals surface area contributed by atoms with Crippen molar-refractivity contribution in [2.75, 3.05) is 58.5 Å². The molecule has 4 unspecified atom stereocenters. The molecular formula is C31H60N6O8P2-2. The van der Waals surface area contributed by atoms with E-state index < -0.39 is 21.2 Å². The Labute approximate surface area is 281 Å². The minimum atomic E-state index is -3.65. The topological polar surface area (TPSA) is 233 Å². The Hall–Kier alpha value is -1.86. The number of anilines is 1. The summed E-state index contributed by atoms with van der Waals surface area (Å²) < 4.78 is 31.2. The fourth-order valence-corrected chi connectivity index (χ4v) is 5.45. The van der Waals surface area contributed by atoms with Gasteiger partial charge < -0.3 is 49.6 Å². The van der Waals surface area contributed by atoms with Crippen LogP contribution < -0.4 is 42.7 Å². The summed E-state index contributed by atoms with van der Waals surface area (Å²) in [7, 11) is -5.42. The van der Waals surface area contributed by atoms with Gasteiger partial charge in [-0.2, -0.15) is 0 Å². The van der Waals surface area contributed by atoms with Crippen molar-refractivity contribution in [3.8, 4) is 0 Å². The van der Waals surface area contributed by atoms with E-state index >= 15 is 0 Å². The van der Waals surface area contributed by atoms with E-state index in [4.69, 9.17) is 20.6 Å². The predicted octanol–water partition coefficient (Wildman–Crippen LogP) is 3.07. The summed E-state index contributed by atoms with van der Waals surface area (Å²) in [5, 5.41) is 8.79. The van der Waals surface area contributed by atoms with Crippen molar-refractivity contribution in [1.29, 1.82) is 0 Å². The number of amides is 2. The van der Waals surface area contributed by atoms with E-state index in [2.05, 4.69) is 28.3 Å². The first-order valence-corrected chi connectivity index (χ1v) is 20.6. The first-order chi connectivity index (χ1) is 22.3. The quantitative estimate of drug-likeness (QED) is 0.0353. The summed E-state index contributed by atoms with van der Waals surface area (Å²) in [5.74, 6) is 5.18. The number of hydrazine groups is 1. The molecule has 14 nitrogen and oxygen atoms in total. The first kappa shape index (κ1) is 45.1. The van der Waals surface area contributed by atoms with Crippen molar-refractivity contribution in [1.82, 2.24) is 16.1 Å². The van der Waals surface area contributed by atoms with E-state index in [1.807, 2.05) is 19.2 Å². The molecule has 0 aliphatic carbocycles. The van der Waals surface area contributed by atoms with E-state index in [-0.39, 0.29) is 25.0 Å². The maximum atomic E-state index is 12.6. The number of unbranched alkanes of at least 4 members (excludes halogenated alkanes) is 5. The van der Waals surface area contributed by atoms with Crippen molar-refractivity contribution in [2.24, 2.45) is 17.5 Å². The number of hydrogen-bond donors (Lipinski definition) is 6. The van der Waals surface area contributed by atoms with Gasteiger partial charge in [0, 0.05) is 44.7 Å². The third-order valence-corrected chi connectivity index (χ3v) is 8.52. The van der Waals surface area contributed by atoms with Crippen molar-refractivity contribution in [3.63, 3.8) is 0 Å². The lowest BCUT2D eigenvalue weighted by Gasteiger charge is -2.21. The number of nitrogens with one attached hydrogen (secondary N) is 4. The van der Waals surface area contributed by atoms with Gasteiger partial charge in [0.25, 0.3) is 5.91 Å². The molecule has 0 saturated carbocycles. The molecule has 0 spiro atoms. The maximum Gasteiger partial charge on any atom is 0.251 e. The molecular weight excluding hydrogens is 646 g/mol. The van der Waals surface area contributed by atoms with Gasteiger partial charge >= 0.3 is 0 Å². The Morgan fingerprint density at radius 3 is 2.04 bits per heavy atom. The Morgan fingerprint density at radius 1 is 0.830 bits per heavy atom. The molecule has 0 bridgehead atoms. The monoisotopic (exact) mass is 706 g/mol. The molecule has 8 N–H and O–H groups in total. The van der Waals surface area contributed by atoms with E-state index in [1.54, 1.807) is 12.1 Å². The third-order valence-electron chi connectivity index (χ3n) is 7.22. The van der Waals surface area contributed by atoms with Crippen LogP contribution in [0.5, 0.6) is 0 Å². The fraction of sp³-hybridized carbons (Fsp3) is 0.742. The molecule has 0 fully saturated rings. The largest absolute Gasteiger partial charge is 0.779 e. The molecule has 16 heteroatoms. The number of carbonyl (C=O) groups is 2. The summed E-state index contributed by atoms with van der Waals surface area (Å²) >= 11 is 0. The van der Waals surface area contributed by atoms with Crippen LogP contribution in [0.25, 0.3) is 0 Å². The van der Waals surface area contributed by atoms with Crippen LogP contribution in [-0.2, 0) is 23.0 Å². The smallest absolute Gasteiger partial charge is 0.251 e. The average molecular weight is 707 g/mol. The number of hydrogen-bond acceptors (Lipinski definition) is 12. The second-order valence-corrected chi connectivity index (χ2v) is 15.2. The summed E-state index contributed by atoms with van der Waals surface area (Å²) in [6, 6.07) is 6.55. The summed E-state index contributed by atoms with van der Waals surface area (Å²) in [5.41, 5.74) is 9.46. The first-order valence-electron chi connectivity index (χ1n) is 16.6. The second kappa shape index (κ2) is 27.0. The van der Waals surface area contributed by atoms with E-state index in [0.29, 0.717) is 37.4 Å². The molecule has 1 aromatic rings. The van der Waals surface area contributed by atoms with Gasteiger partial charge in [-0.3, -0.25) is 20.9 Å². The lowest BCUT2D eigenvalue weighted by Crippen LogP contribution is -2.47. The zero-order valence-corrected chi connectivity index (χ0v) is 30.6. The van der Waals surface area contributed by atoms with Gasteiger partial charge in [0.1, 0.15) is 21.2 Å². The Kier molecular flexibility index (Phi) is 25.9.